The van der Waals surface area contributed by atoms with Crippen molar-refractivity contribution in [1.29, 1.82) is 0 Å². The minimum atomic E-state index is 0.428. The monoisotopic (exact) mass is 197 g/mol. The van der Waals surface area contributed by atoms with Gasteiger partial charge in [-0.25, -0.2) is 0 Å². The molecule has 1 saturated heterocycles. The lowest BCUT2D eigenvalue weighted by Crippen LogP contribution is -2.50. The van der Waals surface area contributed by atoms with Crippen molar-refractivity contribution in [3.63, 3.8) is 0 Å². The van der Waals surface area contributed by atoms with Crippen LogP contribution in [-0.2, 0) is 0 Å². The number of nitrogens with zero attached hydrogens (tertiary/aromatic N) is 2. The van der Waals surface area contributed by atoms with Gasteiger partial charge in [-0.1, -0.05) is 0 Å². The number of piperidine rings is 1. The molecular formula is C11H23N3. The molecule has 0 aromatic rings. The molecule has 3 nitrogen and oxygen atoms in total. The molecule has 1 aliphatic heterocycles. The number of hydrogen-bond donors (Lipinski definition) is 1. The van der Waals surface area contributed by atoms with Gasteiger partial charge in [0.15, 0.2) is 0 Å². The number of rotatable bonds is 3. The van der Waals surface area contributed by atoms with Gasteiger partial charge in [-0.2, -0.15) is 0 Å². The number of likely N-dealkylation sites (tertiary alicyclic amines) is 1. The quantitative estimate of drug-likeness (QED) is 0.715. The van der Waals surface area contributed by atoms with E-state index >= 15 is 0 Å². The van der Waals surface area contributed by atoms with Gasteiger partial charge in [0.05, 0.1) is 0 Å². The van der Waals surface area contributed by atoms with Crippen molar-refractivity contribution in [2.75, 3.05) is 33.7 Å². The molecule has 2 rings (SSSR count). The fourth-order valence-corrected chi connectivity index (χ4v) is 2.65. The van der Waals surface area contributed by atoms with E-state index in [4.69, 9.17) is 5.73 Å². The molecule has 0 atom stereocenters. The highest BCUT2D eigenvalue weighted by atomic mass is 15.3. The van der Waals surface area contributed by atoms with Crippen LogP contribution in [0.25, 0.3) is 0 Å². The molecule has 1 heterocycles. The maximum Gasteiger partial charge on any atom is 0.0333 e. The Hall–Kier alpha value is -0.120. The van der Waals surface area contributed by atoms with Crippen molar-refractivity contribution in [3.05, 3.63) is 0 Å². The Bertz CT molecular complexity index is 191. The third-order valence-corrected chi connectivity index (χ3v) is 4.07. The largest absolute Gasteiger partial charge is 0.329 e. The van der Waals surface area contributed by atoms with E-state index in [1.54, 1.807) is 0 Å². The van der Waals surface area contributed by atoms with Crippen LogP contribution in [0.5, 0.6) is 0 Å². The third-order valence-electron chi connectivity index (χ3n) is 4.07. The molecular weight excluding hydrogens is 174 g/mol. The highest BCUT2D eigenvalue weighted by molar-refractivity contribution is 5.05. The molecule has 0 amide bonds. The first kappa shape index (κ1) is 10.4. The maximum atomic E-state index is 5.84. The normalized spacial score (nSPS) is 28.3. The van der Waals surface area contributed by atoms with Crippen molar-refractivity contribution in [3.8, 4) is 0 Å². The Labute approximate surface area is 87.2 Å². The van der Waals surface area contributed by atoms with E-state index in [-0.39, 0.29) is 0 Å². The summed E-state index contributed by atoms with van der Waals surface area (Å²) in [5.74, 6) is 0. The fraction of sp³-hybridized carbons (Fsp3) is 1.00. The van der Waals surface area contributed by atoms with Crippen molar-refractivity contribution < 1.29 is 0 Å². The molecule has 0 radical (unpaired) electrons. The first-order valence-corrected chi connectivity index (χ1v) is 5.79. The summed E-state index contributed by atoms with van der Waals surface area (Å²) in [6.07, 6.45) is 5.29. The van der Waals surface area contributed by atoms with Gasteiger partial charge in [-0.05, 0) is 39.8 Å². The predicted octanol–water partition coefficient (Wildman–Crippen LogP) is 0.504. The average molecular weight is 197 g/mol. The molecule has 1 saturated carbocycles. The van der Waals surface area contributed by atoms with Crippen LogP contribution >= 0.6 is 0 Å². The fourth-order valence-electron chi connectivity index (χ4n) is 2.65. The Morgan fingerprint density at radius 3 is 2.21 bits per heavy atom. The lowest BCUT2D eigenvalue weighted by Gasteiger charge is -2.39. The van der Waals surface area contributed by atoms with Crippen LogP contribution < -0.4 is 5.73 Å². The molecule has 3 heteroatoms. The minimum absolute atomic E-state index is 0.428. The molecule has 2 fully saturated rings. The van der Waals surface area contributed by atoms with Crippen molar-refractivity contribution in [1.82, 2.24) is 9.80 Å². The topological polar surface area (TPSA) is 32.5 Å². The second kappa shape index (κ2) is 3.80. The summed E-state index contributed by atoms with van der Waals surface area (Å²) in [6, 6.07) is 0.792. The van der Waals surface area contributed by atoms with Crippen LogP contribution in [0.2, 0.25) is 0 Å². The summed E-state index contributed by atoms with van der Waals surface area (Å²) in [5.41, 5.74) is 6.27. The van der Waals surface area contributed by atoms with Crippen molar-refractivity contribution in [2.45, 2.75) is 37.3 Å². The maximum absolute atomic E-state index is 5.84. The number of nitrogens with two attached hydrogens (primary N) is 1. The van der Waals surface area contributed by atoms with Crippen LogP contribution in [0.3, 0.4) is 0 Å². The van der Waals surface area contributed by atoms with Gasteiger partial charge < -0.3 is 10.6 Å². The van der Waals surface area contributed by atoms with Gasteiger partial charge in [0.25, 0.3) is 0 Å². The van der Waals surface area contributed by atoms with Gasteiger partial charge in [-0.3, -0.25) is 4.90 Å². The zero-order chi connectivity index (χ0) is 10.2. The van der Waals surface area contributed by atoms with Crippen molar-refractivity contribution >= 4 is 0 Å². The Kier molecular flexibility index (Phi) is 2.82. The summed E-state index contributed by atoms with van der Waals surface area (Å²) < 4.78 is 0. The first-order chi connectivity index (χ1) is 6.68. The Balaban J connectivity index is 1.84. The zero-order valence-electron chi connectivity index (χ0n) is 9.50. The summed E-state index contributed by atoms with van der Waals surface area (Å²) in [7, 11) is 4.38. The highest BCUT2D eigenvalue weighted by Crippen LogP contribution is 2.42. The predicted molar refractivity (Wildman–Crippen MR) is 59.3 cm³/mol. The van der Waals surface area contributed by atoms with Crippen LogP contribution in [0.4, 0.5) is 0 Å². The zero-order valence-corrected chi connectivity index (χ0v) is 9.50. The van der Waals surface area contributed by atoms with Gasteiger partial charge in [0.2, 0.25) is 0 Å². The highest BCUT2D eigenvalue weighted by Gasteiger charge is 2.47. The van der Waals surface area contributed by atoms with Crippen LogP contribution in [0, 0.1) is 0 Å². The average Bonchev–Trinajstić information content (AvgIpc) is 2.99. The van der Waals surface area contributed by atoms with Crippen LogP contribution in [-0.4, -0.2) is 55.1 Å². The summed E-state index contributed by atoms with van der Waals surface area (Å²) in [6.45, 7) is 3.36. The Morgan fingerprint density at radius 1 is 1.29 bits per heavy atom. The van der Waals surface area contributed by atoms with E-state index in [9.17, 15) is 0 Å². The van der Waals surface area contributed by atoms with E-state index in [2.05, 4.69) is 23.9 Å². The van der Waals surface area contributed by atoms with Crippen LogP contribution in [0.15, 0.2) is 0 Å². The van der Waals surface area contributed by atoms with Gasteiger partial charge in [0.1, 0.15) is 0 Å². The van der Waals surface area contributed by atoms with Gasteiger partial charge in [-0.15, -0.1) is 0 Å². The smallest absolute Gasteiger partial charge is 0.0333 e. The second-order valence-corrected chi connectivity index (χ2v) is 5.11. The summed E-state index contributed by atoms with van der Waals surface area (Å²) >= 11 is 0. The molecule has 2 aliphatic rings. The molecule has 0 bridgehead atoms. The van der Waals surface area contributed by atoms with E-state index in [1.165, 1.54) is 38.8 Å². The summed E-state index contributed by atoms with van der Waals surface area (Å²) in [4.78, 5) is 4.99. The summed E-state index contributed by atoms with van der Waals surface area (Å²) in [5, 5.41) is 0. The van der Waals surface area contributed by atoms with E-state index in [1.807, 2.05) is 0 Å². The van der Waals surface area contributed by atoms with E-state index in [0.29, 0.717) is 5.54 Å². The van der Waals surface area contributed by atoms with E-state index in [0.717, 1.165) is 12.6 Å². The lowest BCUT2D eigenvalue weighted by molar-refractivity contribution is 0.0997. The molecule has 2 N–H and O–H groups in total. The molecule has 0 aromatic carbocycles. The Morgan fingerprint density at radius 2 is 1.86 bits per heavy atom. The standard InChI is InChI=1S/C11H23N3/c1-13(2)10-3-7-14(8-4-10)11(9-12)5-6-11/h10H,3-9,12H2,1-2H3. The minimum Gasteiger partial charge on any atom is -0.329 e. The lowest BCUT2D eigenvalue weighted by atomic mass is 10.0. The molecule has 14 heavy (non-hydrogen) atoms. The van der Waals surface area contributed by atoms with Gasteiger partial charge in [0, 0.05) is 31.2 Å². The van der Waals surface area contributed by atoms with Crippen molar-refractivity contribution in [2.24, 2.45) is 5.73 Å². The molecule has 0 spiro atoms. The van der Waals surface area contributed by atoms with Crippen LogP contribution in [0.1, 0.15) is 25.7 Å². The molecule has 1 aliphatic carbocycles. The van der Waals surface area contributed by atoms with Gasteiger partial charge >= 0.3 is 0 Å². The SMILES string of the molecule is CN(C)C1CCN(C2(CN)CC2)CC1. The second-order valence-electron chi connectivity index (χ2n) is 5.11. The van der Waals surface area contributed by atoms with E-state index < -0.39 is 0 Å². The molecule has 0 unspecified atom stereocenters. The molecule has 82 valence electrons. The molecule has 0 aromatic heterocycles. The third kappa shape index (κ3) is 1.81. The first-order valence-electron chi connectivity index (χ1n) is 5.79. The number of hydrogen-bond acceptors (Lipinski definition) is 3.